The monoisotopic (exact) mass is 452 g/mol. The second-order valence-electron chi connectivity index (χ2n) is 8.23. The largest absolute Gasteiger partial charge is 0.369 e. The highest BCUT2D eigenvalue weighted by atomic mass is 19.1. The lowest BCUT2D eigenvalue weighted by Crippen LogP contribution is -2.44. The Morgan fingerprint density at radius 3 is 2.31 bits per heavy atom. The third kappa shape index (κ3) is 3.58. The second-order valence-corrected chi connectivity index (χ2v) is 8.23. The van der Waals surface area contributed by atoms with E-state index in [4.69, 9.17) is 9.47 Å². The van der Waals surface area contributed by atoms with Crippen LogP contribution in [0.5, 0.6) is 0 Å². The highest BCUT2D eigenvalue weighted by Gasteiger charge is 2.35. The van der Waals surface area contributed by atoms with Crippen LogP contribution in [-0.4, -0.2) is 54.5 Å². The van der Waals surface area contributed by atoms with E-state index in [-0.39, 0.29) is 41.8 Å². The van der Waals surface area contributed by atoms with Crippen LogP contribution in [-0.2, 0) is 26.1 Å². The number of imidazole rings is 1. The number of piperidine rings is 2. The second kappa shape index (κ2) is 8.62. The van der Waals surface area contributed by atoms with Gasteiger partial charge in [-0.2, -0.15) is 0 Å². The summed E-state index contributed by atoms with van der Waals surface area (Å²) in [5, 5.41) is 2.16. The number of carbonyl (C=O) groups excluding carboxylic acids is 2. The molecule has 1 aromatic heterocycles. The number of anilines is 1. The van der Waals surface area contributed by atoms with Gasteiger partial charge in [-0.25, -0.2) is 13.6 Å². The molecule has 2 fully saturated rings. The molecule has 0 bridgehead atoms. The van der Waals surface area contributed by atoms with E-state index in [1.165, 1.54) is 7.05 Å². The van der Waals surface area contributed by atoms with Crippen LogP contribution in [0.1, 0.15) is 31.7 Å². The first kappa shape index (κ1) is 22.4. The molecule has 0 saturated carbocycles. The molecule has 1 aromatic carbocycles. The molecule has 1 unspecified atom stereocenters. The van der Waals surface area contributed by atoms with Gasteiger partial charge in [-0.05, 0) is 19.3 Å². The molecule has 2 saturated heterocycles. The van der Waals surface area contributed by atoms with Crippen molar-refractivity contribution in [1.29, 1.82) is 0 Å². The molecule has 4 rings (SSSR count). The Balaban J connectivity index is 1.72. The van der Waals surface area contributed by atoms with Crippen molar-refractivity contribution >= 4 is 28.5 Å². The number of nitrogens with one attached hydrogen (secondary N) is 1. The van der Waals surface area contributed by atoms with Crippen LogP contribution in [0.15, 0.2) is 10.9 Å². The molecule has 3 heterocycles. The molecule has 32 heavy (non-hydrogen) atoms. The average molecular weight is 452 g/mol. The maximum atomic E-state index is 15.6. The number of halogens is 2. The molecular weight excluding hydrogens is 426 g/mol. The number of amides is 2. The molecule has 1 N–H and O–H groups in total. The minimum absolute atomic E-state index is 0.0142. The van der Waals surface area contributed by atoms with Crippen molar-refractivity contribution in [3.8, 4) is 0 Å². The topological polar surface area (TPSA) is 94.8 Å². The lowest BCUT2D eigenvalue weighted by atomic mass is 9.95. The maximum Gasteiger partial charge on any atom is 0.329 e. The molecular formula is C21H26F2N4O5. The Morgan fingerprint density at radius 1 is 1.06 bits per heavy atom. The van der Waals surface area contributed by atoms with Gasteiger partial charge in [0.15, 0.2) is 17.9 Å². The maximum absolute atomic E-state index is 15.6. The van der Waals surface area contributed by atoms with Crippen LogP contribution < -0.4 is 15.9 Å². The Labute approximate surface area is 182 Å². The first-order chi connectivity index (χ1) is 15.3. The number of hydrogen-bond donors (Lipinski definition) is 1. The van der Waals surface area contributed by atoms with E-state index in [0.717, 1.165) is 15.2 Å². The summed E-state index contributed by atoms with van der Waals surface area (Å²) in [6.45, 7) is 0.940. The summed E-state index contributed by atoms with van der Waals surface area (Å²) in [6.07, 6.45) is 1.04. The van der Waals surface area contributed by atoms with Crippen molar-refractivity contribution in [1.82, 2.24) is 14.5 Å². The normalized spacial score (nSPS) is 20.4. The number of methoxy groups -OCH3 is 2. The third-order valence-electron chi connectivity index (χ3n) is 6.47. The minimum atomic E-state index is -1.08. The fourth-order valence-electron chi connectivity index (χ4n) is 4.82. The Bertz CT molecular complexity index is 1120. The zero-order chi connectivity index (χ0) is 23.2. The quantitative estimate of drug-likeness (QED) is 0.545. The average Bonchev–Trinajstić information content (AvgIpc) is 3.04. The van der Waals surface area contributed by atoms with Gasteiger partial charge >= 0.3 is 5.69 Å². The van der Waals surface area contributed by atoms with E-state index in [9.17, 15) is 14.4 Å². The molecule has 2 aliphatic rings. The van der Waals surface area contributed by atoms with Crippen LogP contribution in [0.25, 0.3) is 11.0 Å². The zero-order valence-electron chi connectivity index (χ0n) is 18.2. The van der Waals surface area contributed by atoms with Gasteiger partial charge in [0, 0.05) is 52.8 Å². The summed E-state index contributed by atoms with van der Waals surface area (Å²) < 4.78 is 43.5. The van der Waals surface area contributed by atoms with E-state index in [1.54, 1.807) is 19.1 Å². The number of nitrogens with zero attached hydrogens (tertiary/aromatic N) is 3. The van der Waals surface area contributed by atoms with Gasteiger partial charge in [0.25, 0.3) is 0 Å². The summed E-state index contributed by atoms with van der Waals surface area (Å²) >= 11 is 0. The molecule has 0 spiro atoms. The highest BCUT2D eigenvalue weighted by molar-refractivity contribution is 6.00. The van der Waals surface area contributed by atoms with E-state index in [2.05, 4.69) is 5.32 Å². The number of benzene rings is 1. The Kier molecular flexibility index (Phi) is 6.04. The number of rotatable bonds is 5. The number of imide groups is 1. The molecule has 0 aliphatic carbocycles. The fourth-order valence-corrected chi connectivity index (χ4v) is 4.82. The first-order valence-electron chi connectivity index (χ1n) is 10.5. The smallest absolute Gasteiger partial charge is 0.329 e. The molecule has 2 aromatic rings. The summed E-state index contributed by atoms with van der Waals surface area (Å²) in [6, 6.07) is -0.0105. The number of aryl methyl sites for hydroxylation is 1. The number of hydrogen-bond acceptors (Lipinski definition) is 6. The molecule has 11 heteroatoms. The molecule has 174 valence electrons. The minimum Gasteiger partial charge on any atom is -0.369 e. The van der Waals surface area contributed by atoms with E-state index in [0.29, 0.717) is 25.9 Å². The lowest BCUT2D eigenvalue weighted by Gasteiger charge is -2.36. The van der Waals surface area contributed by atoms with Gasteiger partial charge in [0.05, 0.1) is 5.69 Å². The Morgan fingerprint density at radius 2 is 1.72 bits per heavy atom. The lowest BCUT2D eigenvalue weighted by molar-refractivity contribution is -0.141. The van der Waals surface area contributed by atoms with Crippen molar-refractivity contribution in [2.75, 3.05) is 32.2 Å². The Hall–Kier alpha value is -2.79. The molecule has 1 atom stereocenters. The molecule has 9 nitrogen and oxygen atoms in total. The number of carbonyl (C=O) groups is 2. The summed E-state index contributed by atoms with van der Waals surface area (Å²) in [5.74, 6) is -2.54. The van der Waals surface area contributed by atoms with E-state index < -0.39 is 35.2 Å². The SMILES string of the molecule is COC(OC)C1CCN(c2cc(F)c3c(c2F)n(C)c(=O)n3C2CCC(=O)NC2=O)CC1. The van der Waals surface area contributed by atoms with Crippen molar-refractivity contribution in [2.45, 2.75) is 38.0 Å². The van der Waals surface area contributed by atoms with Crippen LogP contribution in [0, 0.1) is 17.6 Å². The zero-order valence-corrected chi connectivity index (χ0v) is 18.2. The van der Waals surface area contributed by atoms with Gasteiger partial charge in [-0.3, -0.25) is 24.0 Å². The molecule has 2 aliphatic heterocycles. The number of ether oxygens (including phenoxy) is 2. The van der Waals surface area contributed by atoms with Crippen LogP contribution in [0.4, 0.5) is 14.5 Å². The predicted molar refractivity (Wildman–Crippen MR) is 111 cm³/mol. The van der Waals surface area contributed by atoms with Gasteiger partial charge < -0.3 is 14.4 Å². The van der Waals surface area contributed by atoms with Gasteiger partial charge in [0.1, 0.15) is 17.1 Å². The van der Waals surface area contributed by atoms with Crippen molar-refractivity contribution < 1.29 is 27.8 Å². The van der Waals surface area contributed by atoms with Crippen molar-refractivity contribution in [3.63, 3.8) is 0 Å². The van der Waals surface area contributed by atoms with E-state index in [1.807, 2.05) is 0 Å². The first-order valence-corrected chi connectivity index (χ1v) is 10.5. The van der Waals surface area contributed by atoms with Gasteiger partial charge in [0.2, 0.25) is 11.8 Å². The van der Waals surface area contributed by atoms with Crippen LogP contribution >= 0.6 is 0 Å². The van der Waals surface area contributed by atoms with E-state index >= 15 is 8.78 Å². The standard InChI is InChI=1S/C21H26F2N4O5/c1-25-18-16(23)14(26-8-6-11(7-9-26)20(31-2)32-3)10-12(22)17(18)27(21(25)30)13-4-5-15(28)24-19(13)29/h10-11,13,20H,4-9H2,1-3H3,(H,24,28,29). The number of fused-ring (bicyclic) bond motifs is 1. The highest BCUT2D eigenvalue weighted by Crippen LogP contribution is 2.34. The van der Waals surface area contributed by atoms with Crippen LogP contribution in [0.3, 0.4) is 0 Å². The third-order valence-corrected chi connectivity index (χ3v) is 6.47. The summed E-state index contributed by atoms with van der Waals surface area (Å²) in [5.41, 5.74) is -1.13. The van der Waals surface area contributed by atoms with Crippen LogP contribution in [0.2, 0.25) is 0 Å². The number of aromatic nitrogens is 2. The van der Waals surface area contributed by atoms with Crippen molar-refractivity contribution in [3.05, 3.63) is 28.2 Å². The summed E-state index contributed by atoms with van der Waals surface area (Å²) in [7, 11) is 4.47. The molecule has 2 amide bonds. The predicted octanol–water partition coefficient (Wildman–Crippen LogP) is 1.43. The van der Waals surface area contributed by atoms with Crippen molar-refractivity contribution in [2.24, 2.45) is 13.0 Å². The van der Waals surface area contributed by atoms with Gasteiger partial charge in [-0.15, -0.1) is 0 Å². The fraction of sp³-hybridized carbons (Fsp3) is 0.571. The molecule has 0 radical (unpaired) electrons. The van der Waals surface area contributed by atoms with Gasteiger partial charge in [-0.1, -0.05) is 0 Å². The summed E-state index contributed by atoms with van der Waals surface area (Å²) in [4.78, 5) is 38.4.